The Balaban J connectivity index is 2.53. The van der Waals surface area contributed by atoms with Crippen LogP contribution in [0.3, 0.4) is 0 Å². The molecule has 4 nitrogen and oxygen atoms in total. The van der Waals surface area contributed by atoms with Crippen LogP contribution in [0.1, 0.15) is 18.7 Å². The summed E-state index contributed by atoms with van der Waals surface area (Å²) in [6, 6.07) is 2.13. The van der Waals surface area contributed by atoms with Gasteiger partial charge in [-0.05, 0) is 13.3 Å². The highest BCUT2D eigenvalue weighted by Gasteiger charge is 2.07. The largest absolute Gasteiger partial charge is 0.302 e. The molecular formula is C10H14N4S. The van der Waals surface area contributed by atoms with E-state index in [0.29, 0.717) is 6.42 Å². The van der Waals surface area contributed by atoms with Gasteiger partial charge in [-0.15, -0.1) is 16.8 Å². The van der Waals surface area contributed by atoms with Crippen molar-refractivity contribution < 1.29 is 0 Å². The number of hydrogen-bond donors (Lipinski definition) is 0. The molecule has 0 N–H and O–H groups in total. The zero-order chi connectivity index (χ0) is 11.1. The third-order valence-corrected chi connectivity index (χ3v) is 2.93. The molecule has 0 aliphatic carbocycles. The van der Waals surface area contributed by atoms with E-state index >= 15 is 0 Å². The summed E-state index contributed by atoms with van der Waals surface area (Å²) in [4.78, 5) is 0. The molecule has 0 bridgehead atoms. The van der Waals surface area contributed by atoms with Crippen molar-refractivity contribution in [2.75, 3.05) is 5.75 Å². The zero-order valence-electron chi connectivity index (χ0n) is 8.81. The van der Waals surface area contributed by atoms with Crippen LogP contribution in [-0.2, 0) is 6.54 Å². The second kappa shape index (κ2) is 6.25. The van der Waals surface area contributed by atoms with E-state index in [-0.39, 0.29) is 0 Å². The molecule has 1 aromatic rings. The van der Waals surface area contributed by atoms with E-state index in [1.165, 1.54) is 0 Å². The minimum absolute atomic E-state index is 0.599. The van der Waals surface area contributed by atoms with Crippen LogP contribution in [0.15, 0.2) is 17.8 Å². The van der Waals surface area contributed by atoms with Crippen molar-refractivity contribution in [3.05, 3.63) is 18.5 Å². The molecule has 0 aliphatic heterocycles. The molecule has 0 atom stereocenters. The van der Waals surface area contributed by atoms with Crippen molar-refractivity contribution >= 4 is 11.8 Å². The van der Waals surface area contributed by atoms with Gasteiger partial charge in [0.1, 0.15) is 5.82 Å². The fourth-order valence-corrected chi connectivity index (χ4v) is 2.05. The lowest BCUT2D eigenvalue weighted by atomic mass is 10.4. The lowest BCUT2D eigenvalue weighted by Gasteiger charge is -2.03. The van der Waals surface area contributed by atoms with Crippen LogP contribution in [0.25, 0.3) is 0 Å². The van der Waals surface area contributed by atoms with E-state index in [1.807, 2.05) is 17.6 Å². The van der Waals surface area contributed by atoms with Gasteiger partial charge in [-0.2, -0.15) is 5.26 Å². The molecule has 0 spiro atoms. The Morgan fingerprint density at radius 2 is 2.40 bits per heavy atom. The maximum absolute atomic E-state index is 8.40. The molecule has 0 saturated heterocycles. The van der Waals surface area contributed by atoms with E-state index in [2.05, 4.69) is 22.8 Å². The highest BCUT2D eigenvalue weighted by molar-refractivity contribution is 7.99. The fraction of sp³-hybridized carbons (Fsp3) is 0.500. The average Bonchev–Trinajstić information content (AvgIpc) is 2.57. The third kappa shape index (κ3) is 3.40. The summed E-state index contributed by atoms with van der Waals surface area (Å²) in [6.07, 6.45) is 3.32. The highest BCUT2D eigenvalue weighted by atomic mass is 32.2. The zero-order valence-corrected chi connectivity index (χ0v) is 9.63. The number of nitriles is 1. The number of aryl methyl sites for hydroxylation is 1. The fourth-order valence-electron chi connectivity index (χ4n) is 1.12. The summed E-state index contributed by atoms with van der Waals surface area (Å²) in [5, 5.41) is 17.4. The molecule has 80 valence electrons. The number of aromatic nitrogens is 3. The molecule has 0 radical (unpaired) electrons. The number of thioether (sulfide) groups is 1. The van der Waals surface area contributed by atoms with Gasteiger partial charge >= 0.3 is 0 Å². The second-order valence-corrected chi connectivity index (χ2v) is 4.10. The number of nitrogens with zero attached hydrogens (tertiary/aromatic N) is 4. The number of allylic oxidation sites excluding steroid dienone is 1. The van der Waals surface area contributed by atoms with E-state index in [4.69, 9.17) is 5.26 Å². The van der Waals surface area contributed by atoms with Crippen molar-refractivity contribution in [1.82, 2.24) is 14.8 Å². The first-order chi connectivity index (χ1) is 7.29. The van der Waals surface area contributed by atoms with Gasteiger partial charge in [-0.3, -0.25) is 0 Å². The van der Waals surface area contributed by atoms with Gasteiger partial charge in [-0.1, -0.05) is 17.8 Å². The van der Waals surface area contributed by atoms with Crippen molar-refractivity contribution in [1.29, 1.82) is 5.26 Å². The summed E-state index contributed by atoms with van der Waals surface area (Å²) >= 11 is 1.64. The lowest BCUT2D eigenvalue weighted by molar-refractivity contribution is 0.703. The molecule has 1 rings (SSSR count). The molecule has 1 heterocycles. The quantitative estimate of drug-likeness (QED) is 0.420. The summed E-state index contributed by atoms with van der Waals surface area (Å²) < 4.78 is 2.02. The SMILES string of the molecule is C=CCn1c(C)nnc1SCCCC#N. The van der Waals surface area contributed by atoms with Crippen LogP contribution in [-0.4, -0.2) is 20.5 Å². The molecule has 0 aliphatic rings. The first kappa shape index (κ1) is 11.8. The lowest BCUT2D eigenvalue weighted by Crippen LogP contribution is -2.00. The Hall–Kier alpha value is -1.28. The van der Waals surface area contributed by atoms with Crippen molar-refractivity contribution in [2.24, 2.45) is 0 Å². The van der Waals surface area contributed by atoms with Gasteiger partial charge in [0.2, 0.25) is 0 Å². The highest BCUT2D eigenvalue weighted by Crippen LogP contribution is 2.18. The van der Waals surface area contributed by atoms with Crippen LogP contribution in [0.4, 0.5) is 0 Å². The Labute approximate surface area is 94.0 Å². The molecule has 0 saturated carbocycles. The first-order valence-corrected chi connectivity index (χ1v) is 5.78. The summed E-state index contributed by atoms with van der Waals surface area (Å²) in [7, 11) is 0. The van der Waals surface area contributed by atoms with E-state index in [0.717, 1.165) is 29.7 Å². The number of rotatable bonds is 6. The topological polar surface area (TPSA) is 54.5 Å². The van der Waals surface area contributed by atoms with Crippen LogP contribution >= 0.6 is 11.8 Å². The summed E-state index contributed by atoms with van der Waals surface area (Å²) in [5.74, 6) is 1.81. The van der Waals surface area contributed by atoms with Gasteiger partial charge < -0.3 is 4.57 Å². The number of hydrogen-bond acceptors (Lipinski definition) is 4. The van der Waals surface area contributed by atoms with Crippen LogP contribution in [0, 0.1) is 18.3 Å². The normalized spacial score (nSPS) is 9.87. The standard InChI is InChI=1S/C10H14N4S/c1-3-7-14-9(2)12-13-10(14)15-8-5-4-6-11/h3H,1,4-5,7-8H2,2H3. The van der Waals surface area contributed by atoms with Crippen LogP contribution < -0.4 is 0 Å². The minimum Gasteiger partial charge on any atom is -0.302 e. The Morgan fingerprint density at radius 1 is 1.60 bits per heavy atom. The molecule has 0 fully saturated rings. The summed E-state index contributed by atoms with van der Waals surface area (Å²) in [6.45, 7) is 6.36. The molecule has 1 aromatic heterocycles. The molecule has 5 heteroatoms. The average molecular weight is 222 g/mol. The number of unbranched alkanes of at least 4 members (excludes halogenated alkanes) is 1. The maximum Gasteiger partial charge on any atom is 0.191 e. The first-order valence-electron chi connectivity index (χ1n) is 4.80. The maximum atomic E-state index is 8.40. The van der Waals surface area contributed by atoms with E-state index < -0.39 is 0 Å². The van der Waals surface area contributed by atoms with Crippen molar-refractivity contribution in [2.45, 2.75) is 31.5 Å². The van der Waals surface area contributed by atoms with Gasteiger partial charge in [0, 0.05) is 18.7 Å². The molecule has 15 heavy (non-hydrogen) atoms. The van der Waals surface area contributed by atoms with Gasteiger partial charge in [0.25, 0.3) is 0 Å². The van der Waals surface area contributed by atoms with Crippen molar-refractivity contribution in [3.8, 4) is 6.07 Å². The Kier molecular flexibility index (Phi) is 4.91. The monoisotopic (exact) mass is 222 g/mol. The second-order valence-electron chi connectivity index (χ2n) is 3.04. The van der Waals surface area contributed by atoms with Gasteiger partial charge in [-0.25, -0.2) is 0 Å². The van der Waals surface area contributed by atoms with Crippen LogP contribution in [0.5, 0.6) is 0 Å². The minimum atomic E-state index is 0.599. The predicted molar refractivity (Wildman–Crippen MR) is 60.5 cm³/mol. The Morgan fingerprint density at radius 3 is 3.07 bits per heavy atom. The molecular weight excluding hydrogens is 208 g/mol. The van der Waals surface area contributed by atoms with Crippen LogP contribution in [0.2, 0.25) is 0 Å². The third-order valence-electron chi connectivity index (χ3n) is 1.88. The summed E-state index contributed by atoms with van der Waals surface area (Å²) in [5.41, 5.74) is 0. The smallest absolute Gasteiger partial charge is 0.191 e. The van der Waals surface area contributed by atoms with Crippen molar-refractivity contribution in [3.63, 3.8) is 0 Å². The van der Waals surface area contributed by atoms with E-state index in [9.17, 15) is 0 Å². The van der Waals surface area contributed by atoms with Gasteiger partial charge in [0.05, 0.1) is 6.07 Å². The Bertz CT molecular complexity index is 364. The van der Waals surface area contributed by atoms with E-state index in [1.54, 1.807) is 11.8 Å². The molecule has 0 aromatic carbocycles. The van der Waals surface area contributed by atoms with Gasteiger partial charge in [0.15, 0.2) is 5.16 Å². The molecule has 0 amide bonds. The predicted octanol–water partition coefficient (Wildman–Crippen LogP) is 2.17. The molecule has 0 unspecified atom stereocenters.